The number of hydrogen-bond acceptors (Lipinski definition) is 5. The summed E-state index contributed by atoms with van der Waals surface area (Å²) in [4.78, 5) is 10.5. The fourth-order valence-corrected chi connectivity index (χ4v) is 1.33. The molecule has 0 aliphatic carbocycles. The summed E-state index contributed by atoms with van der Waals surface area (Å²) in [5.74, 6) is 1.37. The number of nitrogens with zero attached hydrogens (tertiary/aromatic N) is 3. The van der Waals surface area contributed by atoms with Gasteiger partial charge in [0.25, 0.3) is 0 Å². The van der Waals surface area contributed by atoms with Crippen molar-refractivity contribution in [2.45, 2.75) is 39.3 Å². The van der Waals surface area contributed by atoms with Crippen LogP contribution in [0.1, 0.15) is 27.2 Å². The van der Waals surface area contributed by atoms with Crippen molar-refractivity contribution in [1.29, 1.82) is 0 Å². The molecule has 1 aromatic heterocycles. The molecule has 1 aromatic rings. The minimum Gasteiger partial charge on any atom is -0.474 e. The van der Waals surface area contributed by atoms with Crippen molar-refractivity contribution in [3.05, 3.63) is 12.4 Å². The fourth-order valence-electron chi connectivity index (χ4n) is 1.33. The Morgan fingerprint density at radius 3 is 2.65 bits per heavy atom. The molecule has 1 unspecified atom stereocenters. The van der Waals surface area contributed by atoms with E-state index in [1.54, 1.807) is 12.4 Å². The predicted molar refractivity (Wildman–Crippen MR) is 69.3 cm³/mol. The van der Waals surface area contributed by atoms with Crippen LogP contribution < -0.4 is 15.4 Å². The van der Waals surface area contributed by atoms with Crippen LogP contribution in [0.3, 0.4) is 0 Å². The van der Waals surface area contributed by atoms with E-state index in [2.05, 4.69) is 9.97 Å². The Labute approximate surface area is 103 Å². The zero-order valence-electron chi connectivity index (χ0n) is 11.1. The second kappa shape index (κ2) is 6.39. The third-order valence-corrected chi connectivity index (χ3v) is 2.27. The van der Waals surface area contributed by atoms with E-state index in [9.17, 15) is 0 Å². The Hall–Kier alpha value is -1.36. The Bertz CT molecular complexity index is 341. The van der Waals surface area contributed by atoms with Crippen LogP contribution in [0.25, 0.3) is 0 Å². The first-order chi connectivity index (χ1) is 7.99. The van der Waals surface area contributed by atoms with Crippen molar-refractivity contribution >= 4 is 5.82 Å². The monoisotopic (exact) mass is 238 g/mol. The normalized spacial score (nSPS) is 12.6. The van der Waals surface area contributed by atoms with Crippen molar-refractivity contribution in [2.75, 3.05) is 18.5 Å². The van der Waals surface area contributed by atoms with Crippen LogP contribution in [0.2, 0.25) is 0 Å². The lowest BCUT2D eigenvalue weighted by Crippen LogP contribution is -2.26. The highest BCUT2D eigenvalue weighted by atomic mass is 16.5. The second-order valence-corrected chi connectivity index (χ2v) is 4.57. The summed E-state index contributed by atoms with van der Waals surface area (Å²) in [6.07, 6.45) is 4.39. The highest BCUT2D eigenvalue weighted by Gasteiger charge is 2.07. The van der Waals surface area contributed by atoms with E-state index in [1.165, 1.54) is 0 Å². The Kier molecular flexibility index (Phi) is 5.15. The largest absolute Gasteiger partial charge is 0.474 e. The van der Waals surface area contributed by atoms with E-state index >= 15 is 0 Å². The Balaban J connectivity index is 2.63. The van der Waals surface area contributed by atoms with Crippen molar-refractivity contribution in [2.24, 2.45) is 5.73 Å². The number of ether oxygens (including phenoxy) is 1. The fraction of sp³-hybridized carbons (Fsp3) is 0.667. The van der Waals surface area contributed by atoms with Gasteiger partial charge in [-0.3, -0.25) is 4.98 Å². The number of nitrogens with two attached hydrogens (primary N) is 1. The van der Waals surface area contributed by atoms with E-state index < -0.39 is 0 Å². The van der Waals surface area contributed by atoms with Gasteiger partial charge in [0.15, 0.2) is 5.82 Å². The molecule has 0 aromatic carbocycles. The van der Waals surface area contributed by atoms with Gasteiger partial charge in [0.2, 0.25) is 5.88 Å². The summed E-state index contributed by atoms with van der Waals surface area (Å²) in [6.45, 7) is 6.79. The molecule has 96 valence electrons. The van der Waals surface area contributed by atoms with Gasteiger partial charge in [0.1, 0.15) is 0 Å². The number of aromatic nitrogens is 2. The van der Waals surface area contributed by atoms with Crippen molar-refractivity contribution in [3.63, 3.8) is 0 Å². The van der Waals surface area contributed by atoms with E-state index in [0.717, 1.165) is 18.8 Å². The smallest absolute Gasteiger partial charge is 0.234 e. The van der Waals surface area contributed by atoms with Gasteiger partial charge < -0.3 is 15.4 Å². The van der Waals surface area contributed by atoms with Crippen LogP contribution in [-0.4, -0.2) is 35.7 Å². The van der Waals surface area contributed by atoms with Gasteiger partial charge in [-0.15, -0.1) is 0 Å². The van der Waals surface area contributed by atoms with E-state index in [4.69, 9.17) is 10.5 Å². The molecule has 0 bridgehead atoms. The van der Waals surface area contributed by atoms with Gasteiger partial charge in [0, 0.05) is 19.6 Å². The van der Waals surface area contributed by atoms with E-state index in [-0.39, 0.29) is 12.1 Å². The molecule has 5 heteroatoms. The van der Waals surface area contributed by atoms with Gasteiger partial charge in [-0.25, -0.2) is 0 Å². The average Bonchev–Trinajstić information content (AvgIpc) is 2.25. The zero-order chi connectivity index (χ0) is 12.8. The van der Waals surface area contributed by atoms with Crippen molar-refractivity contribution in [1.82, 2.24) is 9.97 Å². The molecule has 0 radical (unpaired) electrons. The third-order valence-electron chi connectivity index (χ3n) is 2.27. The Morgan fingerprint density at radius 2 is 2.06 bits per heavy atom. The van der Waals surface area contributed by atoms with Gasteiger partial charge in [0.05, 0.1) is 18.5 Å². The summed E-state index contributed by atoms with van der Waals surface area (Å²) in [7, 11) is 1.98. The maximum absolute atomic E-state index is 5.73. The molecule has 5 nitrogen and oxygen atoms in total. The Morgan fingerprint density at radius 1 is 1.35 bits per heavy atom. The maximum atomic E-state index is 5.73. The lowest BCUT2D eigenvalue weighted by atomic mass is 10.2. The first kappa shape index (κ1) is 13.7. The van der Waals surface area contributed by atoms with Gasteiger partial charge in [-0.2, -0.15) is 4.98 Å². The van der Waals surface area contributed by atoms with Crippen molar-refractivity contribution in [3.8, 4) is 5.88 Å². The summed E-state index contributed by atoms with van der Waals surface area (Å²) in [5.41, 5.74) is 5.73. The minimum absolute atomic E-state index is 0.105. The minimum atomic E-state index is 0.105. The molecular formula is C12H22N4O. The molecule has 0 saturated heterocycles. The van der Waals surface area contributed by atoms with Crippen LogP contribution in [0.5, 0.6) is 5.88 Å². The quantitative estimate of drug-likeness (QED) is 0.812. The van der Waals surface area contributed by atoms with Crippen LogP contribution in [0, 0.1) is 0 Å². The predicted octanol–water partition coefficient (Wildman–Crippen LogP) is 1.44. The highest BCUT2D eigenvalue weighted by molar-refractivity contribution is 5.36. The molecule has 1 rings (SSSR count). The van der Waals surface area contributed by atoms with Crippen LogP contribution in [0.15, 0.2) is 12.4 Å². The molecule has 0 amide bonds. The second-order valence-electron chi connectivity index (χ2n) is 4.57. The molecule has 0 spiro atoms. The van der Waals surface area contributed by atoms with Gasteiger partial charge in [-0.1, -0.05) is 0 Å². The molecule has 17 heavy (non-hydrogen) atoms. The molecule has 1 heterocycles. The number of hydrogen-bond donors (Lipinski definition) is 1. The topological polar surface area (TPSA) is 64.3 Å². The number of rotatable bonds is 6. The average molecular weight is 238 g/mol. The van der Waals surface area contributed by atoms with E-state index in [0.29, 0.717) is 5.88 Å². The van der Waals surface area contributed by atoms with Gasteiger partial charge in [-0.05, 0) is 27.2 Å². The summed E-state index contributed by atoms with van der Waals surface area (Å²) in [5, 5.41) is 0. The molecule has 1 atom stereocenters. The molecule has 2 N–H and O–H groups in total. The summed E-state index contributed by atoms with van der Waals surface area (Å²) >= 11 is 0. The third kappa shape index (κ3) is 4.99. The molecular weight excluding hydrogens is 216 g/mol. The standard InChI is InChI=1S/C12H22N4O/c1-9(2)17-12-8-14-7-11(15-12)16(4)6-5-10(3)13/h7-10H,5-6,13H2,1-4H3. The summed E-state index contributed by atoms with van der Waals surface area (Å²) in [6, 6.07) is 0.195. The zero-order valence-corrected chi connectivity index (χ0v) is 11.1. The lowest BCUT2D eigenvalue weighted by molar-refractivity contribution is 0.231. The molecule has 0 fully saturated rings. The van der Waals surface area contributed by atoms with Crippen LogP contribution >= 0.6 is 0 Å². The van der Waals surface area contributed by atoms with Crippen molar-refractivity contribution < 1.29 is 4.74 Å². The van der Waals surface area contributed by atoms with Crippen LogP contribution in [-0.2, 0) is 0 Å². The first-order valence-electron chi connectivity index (χ1n) is 5.94. The van der Waals surface area contributed by atoms with Gasteiger partial charge >= 0.3 is 0 Å². The maximum Gasteiger partial charge on any atom is 0.234 e. The van der Waals surface area contributed by atoms with Crippen LogP contribution in [0.4, 0.5) is 5.82 Å². The molecule has 0 aliphatic rings. The highest BCUT2D eigenvalue weighted by Crippen LogP contribution is 2.14. The number of anilines is 1. The molecule has 0 aliphatic heterocycles. The SMILES string of the molecule is CC(N)CCN(C)c1cncc(OC(C)C)n1. The summed E-state index contributed by atoms with van der Waals surface area (Å²) < 4.78 is 5.51. The first-order valence-corrected chi connectivity index (χ1v) is 5.94. The molecule has 0 saturated carbocycles. The lowest BCUT2D eigenvalue weighted by Gasteiger charge is -2.19. The van der Waals surface area contributed by atoms with E-state index in [1.807, 2.05) is 32.7 Å².